The lowest BCUT2D eigenvalue weighted by molar-refractivity contribution is -0.126. The van der Waals surface area contributed by atoms with Crippen molar-refractivity contribution in [3.63, 3.8) is 0 Å². The summed E-state index contributed by atoms with van der Waals surface area (Å²) in [6.07, 6.45) is 6.27. The fraction of sp³-hybridized carbons (Fsp3) is 0.240. The third-order valence-electron chi connectivity index (χ3n) is 5.92. The molecule has 0 spiro atoms. The van der Waals surface area contributed by atoms with Crippen molar-refractivity contribution in [1.82, 2.24) is 15.2 Å². The Balaban J connectivity index is 1.28. The molecule has 3 aromatic rings. The van der Waals surface area contributed by atoms with Crippen LogP contribution < -0.4 is 5.32 Å². The van der Waals surface area contributed by atoms with Gasteiger partial charge in [0, 0.05) is 5.56 Å². The Morgan fingerprint density at radius 3 is 2.71 bits per heavy atom. The second kappa shape index (κ2) is 9.52. The second-order valence-electron chi connectivity index (χ2n) is 8.38. The molecule has 7 nitrogen and oxygen atoms in total. The van der Waals surface area contributed by atoms with Crippen molar-refractivity contribution >= 4 is 52.0 Å². The lowest BCUT2D eigenvalue weighted by atomic mass is 9.90. The van der Waals surface area contributed by atoms with E-state index in [2.05, 4.69) is 27.8 Å². The van der Waals surface area contributed by atoms with Gasteiger partial charge in [-0.15, -0.1) is 0 Å². The third kappa shape index (κ3) is 4.67. The van der Waals surface area contributed by atoms with E-state index in [1.807, 2.05) is 37.3 Å². The zero-order valence-electron chi connectivity index (χ0n) is 18.5. The maximum absolute atomic E-state index is 12.9. The van der Waals surface area contributed by atoms with Crippen molar-refractivity contribution in [3.05, 3.63) is 69.6 Å². The molecule has 1 aliphatic heterocycles. The first-order valence-electron chi connectivity index (χ1n) is 11.0. The van der Waals surface area contributed by atoms with Crippen LogP contribution in [0, 0.1) is 6.92 Å². The minimum Gasteiger partial charge on any atom is -0.304 e. The van der Waals surface area contributed by atoms with Crippen molar-refractivity contribution in [1.29, 1.82) is 0 Å². The molecule has 0 saturated carbocycles. The monoisotopic (exact) mass is 490 g/mol. The lowest BCUT2D eigenvalue weighted by Crippen LogP contribution is -2.36. The molecule has 0 unspecified atom stereocenters. The molecule has 172 valence electrons. The molecule has 2 aliphatic rings. The molecule has 2 amide bonds. The molecule has 34 heavy (non-hydrogen) atoms. The molecule has 9 heteroatoms. The Labute approximate surface area is 206 Å². The Morgan fingerprint density at radius 2 is 1.91 bits per heavy atom. The van der Waals surface area contributed by atoms with Gasteiger partial charge in [-0.1, -0.05) is 65.9 Å². The number of thiocarbonyl (C=S) groups is 1. The highest BCUT2D eigenvalue weighted by molar-refractivity contribution is 8.26. The van der Waals surface area contributed by atoms with Gasteiger partial charge in [0.25, 0.3) is 5.91 Å². The zero-order chi connectivity index (χ0) is 23.7. The number of fused-ring (bicyclic) bond motifs is 1. The summed E-state index contributed by atoms with van der Waals surface area (Å²) in [6.45, 7) is 1.79. The number of carbonyl (C=O) groups is 2. The van der Waals surface area contributed by atoms with Gasteiger partial charge in [0.2, 0.25) is 11.7 Å². The molecule has 2 heterocycles. The number of hydrogen-bond donors (Lipinski definition) is 1. The van der Waals surface area contributed by atoms with Gasteiger partial charge in [0.15, 0.2) is 5.69 Å². The van der Waals surface area contributed by atoms with Gasteiger partial charge >= 0.3 is 0 Å². The summed E-state index contributed by atoms with van der Waals surface area (Å²) in [6, 6.07) is 14.0. The van der Waals surface area contributed by atoms with Gasteiger partial charge in [-0.05, 0) is 71.8 Å². The maximum Gasteiger partial charge on any atom is 0.266 e. The van der Waals surface area contributed by atoms with Crippen LogP contribution in [0.2, 0.25) is 0 Å². The number of nitrogens with one attached hydrogen (secondary N) is 1. The topological polar surface area (TPSA) is 88.3 Å². The molecular weight excluding hydrogens is 468 g/mol. The molecule has 5 rings (SSSR count). The number of carbonyl (C=O) groups excluding carboxylic acids is 2. The zero-order valence-corrected chi connectivity index (χ0v) is 20.2. The fourth-order valence-corrected chi connectivity index (χ4v) is 5.36. The van der Waals surface area contributed by atoms with Crippen LogP contribution in [0.25, 0.3) is 17.3 Å². The highest BCUT2D eigenvalue weighted by Gasteiger charge is 2.33. The molecule has 1 fully saturated rings. The van der Waals surface area contributed by atoms with Crippen molar-refractivity contribution < 1.29 is 14.2 Å². The first-order valence-corrected chi connectivity index (χ1v) is 12.3. The standard InChI is InChI=1S/C25H22N4O3S2/c1-15-6-8-16(9-7-15)12-20-24(31)29(25(33)34-20)14-21(30)26-23-22(27-32-28-23)19-11-10-17-4-2-3-5-18(17)13-19/h6-13H,2-5,14H2,1H3,(H,26,28,30)/b20-12-. The number of thioether (sulfide) groups is 1. The first-order chi connectivity index (χ1) is 16.5. The number of aromatic nitrogens is 2. The Bertz CT molecular complexity index is 1310. The summed E-state index contributed by atoms with van der Waals surface area (Å²) in [5.74, 6) is -0.497. The van der Waals surface area contributed by atoms with Crippen LogP contribution in [0.1, 0.15) is 35.1 Å². The quantitative estimate of drug-likeness (QED) is 0.407. The normalized spacial score (nSPS) is 16.7. The van der Waals surface area contributed by atoms with Crippen molar-refractivity contribution in [3.8, 4) is 11.3 Å². The minimum absolute atomic E-state index is 0.216. The Hall–Kier alpha value is -3.30. The average molecular weight is 491 g/mol. The SMILES string of the molecule is Cc1ccc(/C=C2\SC(=S)N(CC(=O)Nc3nonc3-c3ccc4c(c3)CCCC4)C2=O)cc1. The second-order valence-corrected chi connectivity index (χ2v) is 10.1. The molecule has 1 N–H and O–H groups in total. The molecule has 2 aromatic carbocycles. The number of nitrogens with zero attached hydrogens (tertiary/aromatic N) is 3. The van der Waals surface area contributed by atoms with E-state index in [1.54, 1.807) is 6.08 Å². The molecule has 0 bridgehead atoms. The first kappa shape index (κ1) is 22.5. The molecular formula is C25H22N4O3S2. The number of amides is 2. The maximum atomic E-state index is 12.9. The minimum atomic E-state index is -0.428. The molecule has 1 aromatic heterocycles. The van der Waals surface area contributed by atoms with Crippen LogP contribution in [0.5, 0.6) is 0 Å². The highest BCUT2D eigenvalue weighted by atomic mass is 32.2. The van der Waals surface area contributed by atoms with Crippen LogP contribution in [0.4, 0.5) is 5.82 Å². The Morgan fingerprint density at radius 1 is 1.15 bits per heavy atom. The van der Waals surface area contributed by atoms with E-state index >= 15 is 0 Å². The summed E-state index contributed by atoms with van der Waals surface area (Å²) in [5, 5.41) is 10.6. The molecule has 0 atom stereocenters. The highest BCUT2D eigenvalue weighted by Crippen LogP contribution is 2.33. The van der Waals surface area contributed by atoms with E-state index in [-0.39, 0.29) is 18.3 Å². The van der Waals surface area contributed by atoms with Crippen LogP contribution in [0.3, 0.4) is 0 Å². The smallest absolute Gasteiger partial charge is 0.266 e. The number of anilines is 1. The van der Waals surface area contributed by atoms with Gasteiger partial charge in [0.05, 0.1) is 4.91 Å². The van der Waals surface area contributed by atoms with Crippen LogP contribution in [0.15, 0.2) is 52.0 Å². The molecule has 1 aliphatic carbocycles. The summed E-state index contributed by atoms with van der Waals surface area (Å²) in [4.78, 5) is 27.4. The fourth-order valence-electron chi connectivity index (χ4n) is 4.11. The summed E-state index contributed by atoms with van der Waals surface area (Å²) >= 11 is 6.54. The van der Waals surface area contributed by atoms with Crippen molar-refractivity contribution in [2.75, 3.05) is 11.9 Å². The predicted molar refractivity (Wildman–Crippen MR) is 136 cm³/mol. The van der Waals surface area contributed by atoms with E-state index in [9.17, 15) is 9.59 Å². The van der Waals surface area contributed by atoms with Gasteiger partial charge < -0.3 is 5.32 Å². The Kier molecular flexibility index (Phi) is 6.30. The van der Waals surface area contributed by atoms with E-state index in [0.29, 0.717) is 14.9 Å². The van der Waals surface area contributed by atoms with E-state index < -0.39 is 5.91 Å². The molecule has 0 radical (unpaired) electrons. The van der Waals surface area contributed by atoms with Gasteiger partial charge in [0.1, 0.15) is 10.9 Å². The van der Waals surface area contributed by atoms with Gasteiger partial charge in [-0.2, -0.15) is 0 Å². The average Bonchev–Trinajstić information content (AvgIpc) is 3.40. The van der Waals surface area contributed by atoms with Gasteiger partial charge in [-0.3, -0.25) is 14.5 Å². The number of aryl methyl sites for hydroxylation is 3. The lowest BCUT2D eigenvalue weighted by Gasteiger charge is -2.16. The van der Waals surface area contributed by atoms with Crippen molar-refractivity contribution in [2.45, 2.75) is 32.6 Å². The predicted octanol–water partition coefficient (Wildman–Crippen LogP) is 4.76. The number of hydrogen-bond acceptors (Lipinski definition) is 7. The van der Waals surface area contributed by atoms with Crippen LogP contribution in [-0.2, 0) is 22.4 Å². The van der Waals surface area contributed by atoms with Crippen molar-refractivity contribution in [2.24, 2.45) is 0 Å². The van der Waals surface area contributed by atoms with Crippen LogP contribution >= 0.6 is 24.0 Å². The van der Waals surface area contributed by atoms with E-state index in [1.165, 1.54) is 40.6 Å². The summed E-state index contributed by atoms with van der Waals surface area (Å²) in [5.41, 5.74) is 5.99. The third-order valence-corrected chi connectivity index (χ3v) is 7.30. The van der Waals surface area contributed by atoms with Crippen LogP contribution in [-0.4, -0.2) is 37.9 Å². The van der Waals surface area contributed by atoms with E-state index in [0.717, 1.165) is 29.5 Å². The largest absolute Gasteiger partial charge is 0.304 e. The van der Waals surface area contributed by atoms with E-state index in [4.69, 9.17) is 16.8 Å². The number of rotatable bonds is 5. The van der Waals surface area contributed by atoms with Gasteiger partial charge in [-0.25, -0.2) is 4.63 Å². The summed E-state index contributed by atoms with van der Waals surface area (Å²) in [7, 11) is 0. The number of benzene rings is 2. The summed E-state index contributed by atoms with van der Waals surface area (Å²) < 4.78 is 5.25. The molecule has 1 saturated heterocycles.